The van der Waals surface area contributed by atoms with Gasteiger partial charge in [-0.15, -0.1) is 9.36 Å². The fraction of sp³-hybridized carbons (Fsp3) is 0.133. The van der Waals surface area contributed by atoms with Gasteiger partial charge in [0, 0.05) is 6.20 Å². The lowest BCUT2D eigenvalue weighted by molar-refractivity contribution is -0.721. The van der Waals surface area contributed by atoms with Gasteiger partial charge in [0.25, 0.3) is 0 Å². The molecule has 0 saturated carbocycles. The van der Waals surface area contributed by atoms with E-state index >= 15 is 0 Å². The minimum absolute atomic E-state index is 0.547. The number of rotatable bonds is 2. The Balaban J connectivity index is 1.97. The van der Waals surface area contributed by atoms with Crippen molar-refractivity contribution in [3.05, 3.63) is 60.4 Å². The van der Waals surface area contributed by atoms with Gasteiger partial charge in [0.05, 0.1) is 10.8 Å². The van der Waals surface area contributed by atoms with Crippen molar-refractivity contribution < 1.29 is 17.9 Å². The van der Waals surface area contributed by atoms with Crippen LogP contribution in [0.25, 0.3) is 17.1 Å². The molecule has 2 heterocycles. The maximum atomic E-state index is 12.6. The quantitative estimate of drug-likeness (QED) is 0.682. The Morgan fingerprint density at radius 3 is 2.36 bits per heavy atom. The molecular formula is C15H12F3N4+. The van der Waals surface area contributed by atoms with Crippen LogP contribution >= 0.6 is 0 Å². The molecule has 0 aliphatic rings. The Labute approximate surface area is 124 Å². The first-order valence-electron chi connectivity index (χ1n) is 6.50. The number of pyridine rings is 1. The van der Waals surface area contributed by atoms with E-state index in [-0.39, 0.29) is 0 Å². The summed E-state index contributed by atoms with van der Waals surface area (Å²) in [7, 11) is 1.75. The third kappa shape index (κ3) is 2.69. The largest absolute Gasteiger partial charge is 0.416 e. The molecule has 0 aliphatic carbocycles. The number of hydrogen-bond acceptors (Lipinski definition) is 2. The lowest BCUT2D eigenvalue weighted by Gasteiger charge is -2.05. The van der Waals surface area contributed by atoms with E-state index in [9.17, 15) is 13.2 Å². The van der Waals surface area contributed by atoms with Crippen molar-refractivity contribution in [3.8, 4) is 17.1 Å². The molecule has 4 nitrogen and oxygen atoms in total. The van der Waals surface area contributed by atoms with E-state index in [2.05, 4.69) is 10.2 Å². The number of aryl methyl sites for hydroxylation is 1. The summed E-state index contributed by atoms with van der Waals surface area (Å²) >= 11 is 0. The number of halogens is 3. The topological polar surface area (TPSA) is 34.6 Å². The number of aromatic nitrogens is 4. The van der Waals surface area contributed by atoms with E-state index in [1.807, 2.05) is 18.2 Å². The van der Waals surface area contributed by atoms with Crippen LogP contribution in [-0.4, -0.2) is 14.9 Å². The first-order chi connectivity index (χ1) is 10.4. The second kappa shape index (κ2) is 5.25. The normalized spacial score (nSPS) is 11.6. The van der Waals surface area contributed by atoms with Gasteiger partial charge in [-0.25, -0.2) is 0 Å². The van der Waals surface area contributed by atoms with Gasteiger partial charge >= 0.3 is 6.18 Å². The molecule has 3 aromatic rings. The van der Waals surface area contributed by atoms with E-state index in [0.717, 1.165) is 23.5 Å². The molecule has 0 aliphatic heterocycles. The van der Waals surface area contributed by atoms with Gasteiger partial charge in [-0.1, -0.05) is 6.07 Å². The Morgan fingerprint density at radius 2 is 1.77 bits per heavy atom. The minimum Gasteiger partial charge on any atom is -0.252 e. The molecule has 0 fully saturated rings. The Bertz CT molecular complexity index is 777. The van der Waals surface area contributed by atoms with Crippen LogP contribution in [0, 0.1) is 0 Å². The van der Waals surface area contributed by atoms with Crippen molar-refractivity contribution in [3.63, 3.8) is 0 Å². The SMILES string of the molecule is C[n+]1nn(-c2ccc(C(F)(F)F)cc2)cc1-c1ccccn1. The highest BCUT2D eigenvalue weighted by Gasteiger charge is 2.30. The zero-order valence-electron chi connectivity index (χ0n) is 11.6. The number of benzene rings is 1. The van der Waals surface area contributed by atoms with Crippen LogP contribution in [0.15, 0.2) is 54.9 Å². The molecule has 0 unspecified atom stereocenters. The molecule has 7 heteroatoms. The van der Waals surface area contributed by atoms with Gasteiger partial charge in [-0.2, -0.15) is 13.2 Å². The molecule has 0 bridgehead atoms. The molecule has 2 aromatic heterocycles. The summed E-state index contributed by atoms with van der Waals surface area (Å²) in [5.41, 5.74) is 1.37. The molecule has 112 valence electrons. The standard InChI is InChI=1S/C15H12F3N4/c1-21-14(13-4-2-3-9-19-13)10-22(20-21)12-7-5-11(6-8-12)15(16,17)18/h2-10H,1H3/q+1. The van der Waals surface area contributed by atoms with Crippen LogP contribution in [0.1, 0.15) is 5.56 Å². The molecule has 0 saturated heterocycles. The molecule has 1 aromatic carbocycles. The molecule has 3 rings (SSSR count). The lowest BCUT2D eigenvalue weighted by atomic mass is 10.2. The summed E-state index contributed by atoms with van der Waals surface area (Å²) in [6.45, 7) is 0. The third-order valence-electron chi connectivity index (χ3n) is 3.21. The third-order valence-corrected chi connectivity index (χ3v) is 3.21. The summed E-state index contributed by atoms with van der Waals surface area (Å²) in [6.07, 6.45) is -0.942. The van der Waals surface area contributed by atoms with Crippen molar-refractivity contribution in [2.45, 2.75) is 6.18 Å². The molecule has 22 heavy (non-hydrogen) atoms. The molecular weight excluding hydrogens is 293 g/mol. The van der Waals surface area contributed by atoms with Gasteiger partial charge in [0.2, 0.25) is 5.69 Å². The summed E-state index contributed by atoms with van der Waals surface area (Å²) in [6, 6.07) is 10.4. The van der Waals surface area contributed by atoms with Crippen molar-refractivity contribution in [1.29, 1.82) is 0 Å². The van der Waals surface area contributed by atoms with Gasteiger partial charge < -0.3 is 0 Å². The average Bonchev–Trinajstić information content (AvgIpc) is 2.89. The number of alkyl halides is 3. The van der Waals surface area contributed by atoms with Crippen LogP contribution in [0.2, 0.25) is 0 Å². The zero-order valence-corrected chi connectivity index (χ0v) is 11.6. The molecule has 0 amide bonds. The van der Waals surface area contributed by atoms with Gasteiger partial charge in [-0.3, -0.25) is 4.98 Å². The maximum Gasteiger partial charge on any atom is 0.416 e. The van der Waals surface area contributed by atoms with Gasteiger partial charge in [-0.05, 0) is 36.4 Å². The van der Waals surface area contributed by atoms with Crippen LogP contribution in [0.5, 0.6) is 0 Å². The smallest absolute Gasteiger partial charge is 0.252 e. The van der Waals surface area contributed by atoms with Crippen molar-refractivity contribution in [1.82, 2.24) is 14.9 Å². The Morgan fingerprint density at radius 1 is 1.05 bits per heavy atom. The number of hydrogen-bond donors (Lipinski definition) is 0. The summed E-state index contributed by atoms with van der Waals surface area (Å²) in [5.74, 6) is 0. The first-order valence-corrected chi connectivity index (χ1v) is 6.50. The first kappa shape index (κ1) is 14.2. The van der Waals surface area contributed by atoms with Gasteiger partial charge in [0.15, 0.2) is 11.9 Å². The van der Waals surface area contributed by atoms with Gasteiger partial charge in [0.1, 0.15) is 12.7 Å². The summed E-state index contributed by atoms with van der Waals surface area (Å²) < 4.78 is 40.9. The fourth-order valence-electron chi connectivity index (χ4n) is 2.09. The highest BCUT2D eigenvalue weighted by atomic mass is 19.4. The van der Waals surface area contributed by atoms with E-state index in [1.165, 1.54) is 16.8 Å². The van der Waals surface area contributed by atoms with Crippen LogP contribution in [-0.2, 0) is 13.2 Å². The molecule has 0 radical (unpaired) electrons. The molecule has 0 spiro atoms. The predicted molar refractivity (Wildman–Crippen MR) is 73.0 cm³/mol. The zero-order chi connectivity index (χ0) is 15.7. The lowest BCUT2D eigenvalue weighted by Crippen LogP contribution is -2.33. The predicted octanol–water partition coefficient (Wildman–Crippen LogP) is 2.78. The molecule has 0 N–H and O–H groups in total. The second-order valence-corrected chi connectivity index (χ2v) is 4.73. The van der Waals surface area contributed by atoms with E-state index < -0.39 is 11.7 Å². The van der Waals surface area contributed by atoms with Crippen LogP contribution in [0.3, 0.4) is 0 Å². The van der Waals surface area contributed by atoms with Crippen molar-refractivity contribution in [2.24, 2.45) is 7.05 Å². The minimum atomic E-state index is -4.34. The number of nitrogens with zero attached hydrogens (tertiary/aromatic N) is 4. The Kier molecular flexibility index (Phi) is 3.40. The van der Waals surface area contributed by atoms with Crippen molar-refractivity contribution in [2.75, 3.05) is 0 Å². The monoisotopic (exact) mass is 305 g/mol. The van der Waals surface area contributed by atoms with Crippen LogP contribution < -0.4 is 4.68 Å². The fourth-order valence-corrected chi connectivity index (χ4v) is 2.09. The summed E-state index contributed by atoms with van der Waals surface area (Å²) in [4.78, 5) is 4.24. The van der Waals surface area contributed by atoms with Crippen LogP contribution in [0.4, 0.5) is 13.2 Å². The summed E-state index contributed by atoms with van der Waals surface area (Å²) in [5, 5.41) is 4.26. The maximum absolute atomic E-state index is 12.6. The van der Waals surface area contributed by atoms with E-state index in [4.69, 9.17) is 0 Å². The molecule has 0 atom stereocenters. The van der Waals surface area contributed by atoms with E-state index in [1.54, 1.807) is 24.1 Å². The Hall–Kier alpha value is -2.70. The highest BCUT2D eigenvalue weighted by Crippen LogP contribution is 2.29. The highest BCUT2D eigenvalue weighted by molar-refractivity contribution is 5.49. The average molecular weight is 305 g/mol. The second-order valence-electron chi connectivity index (χ2n) is 4.73. The van der Waals surface area contributed by atoms with Crippen molar-refractivity contribution >= 4 is 0 Å². The van der Waals surface area contributed by atoms with E-state index in [0.29, 0.717) is 5.69 Å².